The van der Waals surface area contributed by atoms with Crippen LogP contribution in [0, 0.1) is 11.8 Å². The van der Waals surface area contributed by atoms with Crippen LogP contribution in [0.4, 0.5) is 4.79 Å². The fourth-order valence-electron chi connectivity index (χ4n) is 2.47. The van der Waals surface area contributed by atoms with Crippen molar-refractivity contribution in [2.45, 2.75) is 58.5 Å². The summed E-state index contributed by atoms with van der Waals surface area (Å²) in [5.74, 6) is 0.951. The van der Waals surface area contributed by atoms with Crippen LogP contribution in [0.25, 0.3) is 0 Å². The summed E-state index contributed by atoms with van der Waals surface area (Å²) < 4.78 is 11.0. The second-order valence-corrected chi connectivity index (χ2v) is 7.08. The van der Waals surface area contributed by atoms with E-state index in [1.807, 2.05) is 13.8 Å². The van der Waals surface area contributed by atoms with Gasteiger partial charge in [-0.2, -0.15) is 0 Å². The van der Waals surface area contributed by atoms with Gasteiger partial charge in [-0.15, -0.1) is 0 Å². The SMILES string of the molecule is CC(C)COC(=O)NCC1CCC(OCCCCBr)CC1. The van der Waals surface area contributed by atoms with E-state index in [4.69, 9.17) is 9.47 Å². The Morgan fingerprint density at radius 1 is 1.24 bits per heavy atom. The average Bonchev–Trinajstić information content (AvgIpc) is 2.48. The van der Waals surface area contributed by atoms with Crippen molar-refractivity contribution in [1.82, 2.24) is 5.32 Å². The van der Waals surface area contributed by atoms with Gasteiger partial charge in [0, 0.05) is 18.5 Å². The average molecular weight is 364 g/mol. The Morgan fingerprint density at radius 3 is 2.57 bits per heavy atom. The molecular formula is C16H30BrNO3. The summed E-state index contributed by atoms with van der Waals surface area (Å²) >= 11 is 3.43. The van der Waals surface area contributed by atoms with Crippen LogP contribution in [0.5, 0.6) is 0 Å². The highest BCUT2D eigenvalue weighted by molar-refractivity contribution is 9.09. The second kappa shape index (κ2) is 11.3. The van der Waals surface area contributed by atoms with E-state index in [2.05, 4.69) is 21.2 Å². The van der Waals surface area contributed by atoms with Gasteiger partial charge in [-0.05, 0) is 50.4 Å². The minimum absolute atomic E-state index is 0.281. The molecule has 0 heterocycles. The van der Waals surface area contributed by atoms with Crippen LogP contribution in [0.3, 0.4) is 0 Å². The van der Waals surface area contributed by atoms with Gasteiger partial charge in [-0.25, -0.2) is 4.79 Å². The number of hydrogen-bond donors (Lipinski definition) is 1. The maximum atomic E-state index is 11.5. The lowest BCUT2D eigenvalue weighted by atomic mass is 9.87. The van der Waals surface area contributed by atoms with Crippen molar-refractivity contribution >= 4 is 22.0 Å². The summed E-state index contributed by atoms with van der Waals surface area (Å²) in [5.41, 5.74) is 0. The van der Waals surface area contributed by atoms with E-state index >= 15 is 0 Å². The molecule has 4 nitrogen and oxygen atoms in total. The molecule has 21 heavy (non-hydrogen) atoms. The highest BCUT2D eigenvalue weighted by atomic mass is 79.9. The van der Waals surface area contributed by atoms with Crippen LogP contribution in [-0.4, -0.2) is 37.3 Å². The summed E-state index contributed by atoms with van der Waals surface area (Å²) in [6, 6.07) is 0. The Balaban J connectivity index is 2.03. The van der Waals surface area contributed by atoms with E-state index in [9.17, 15) is 4.79 Å². The molecule has 1 N–H and O–H groups in total. The maximum absolute atomic E-state index is 11.5. The maximum Gasteiger partial charge on any atom is 0.407 e. The molecule has 0 aliphatic heterocycles. The van der Waals surface area contributed by atoms with Crippen LogP contribution in [0.2, 0.25) is 0 Å². The summed E-state index contributed by atoms with van der Waals surface area (Å²) in [7, 11) is 0. The summed E-state index contributed by atoms with van der Waals surface area (Å²) in [5, 5.41) is 3.93. The van der Waals surface area contributed by atoms with E-state index in [0.717, 1.165) is 50.6 Å². The fourth-order valence-corrected chi connectivity index (χ4v) is 2.87. The minimum Gasteiger partial charge on any atom is -0.449 e. The summed E-state index contributed by atoms with van der Waals surface area (Å²) in [4.78, 5) is 11.5. The van der Waals surface area contributed by atoms with Gasteiger partial charge >= 0.3 is 6.09 Å². The number of unbranched alkanes of at least 4 members (excludes halogenated alkanes) is 1. The molecule has 5 heteroatoms. The first-order valence-corrected chi connectivity index (χ1v) is 9.32. The Hall–Kier alpha value is -0.290. The summed E-state index contributed by atoms with van der Waals surface area (Å²) in [6.45, 7) is 6.16. The zero-order chi connectivity index (χ0) is 15.5. The molecule has 1 aliphatic rings. The van der Waals surface area contributed by atoms with Gasteiger partial charge in [0.05, 0.1) is 12.7 Å². The fraction of sp³-hybridized carbons (Fsp3) is 0.938. The molecule has 1 saturated carbocycles. The van der Waals surface area contributed by atoms with E-state index in [1.165, 1.54) is 6.42 Å². The minimum atomic E-state index is -0.281. The molecule has 124 valence electrons. The number of nitrogens with one attached hydrogen (secondary N) is 1. The van der Waals surface area contributed by atoms with Gasteiger partial charge in [0.1, 0.15) is 0 Å². The topological polar surface area (TPSA) is 47.6 Å². The third kappa shape index (κ3) is 9.35. The molecule has 0 bridgehead atoms. The van der Waals surface area contributed by atoms with Crippen molar-refractivity contribution in [2.24, 2.45) is 11.8 Å². The number of alkyl carbamates (subject to hydrolysis) is 1. The van der Waals surface area contributed by atoms with E-state index in [0.29, 0.717) is 24.5 Å². The van der Waals surface area contributed by atoms with Crippen molar-refractivity contribution < 1.29 is 14.3 Å². The second-order valence-electron chi connectivity index (χ2n) is 6.28. The zero-order valence-corrected chi connectivity index (χ0v) is 15.0. The molecule has 0 aromatic heterocycles. The normalized spacial score (nSPS) is 22.3. The number of amides is 1. The van der Waals surface area contributed by atoms with Crippen molar-refractivity contribution in [2.75, 3.05) is 25.1 Å². The van der Waals surface area contributed by atoms with E-state index in [1.54, 1.807) is 0 Å². The van der Waals surface area contributed by atoms with Gasteiger partial charge in [-0.3, -0.25) is 0 Å². The smallest absolute Gasteiger partial charge is 0.407 e. The number of halogens is 1. The first kappa shape index (κ1) is 18.8. The third-order valence-corrected chi connectivity index (χ3v) is 4.32. The largest absolute Gasteiger partial charge is 0.449 e. The van der Waals surface area contributed by atoms with Gasteiger partial charge in [-0.1, -0.05) is 29.8 Å². The molecule has 0 aromatic carbocycles. The molecule has 1 aliphatic carbocycles. The molecule has 1 rings (SSSR count). The van der Waals surface area contributed by atoms with Crippen molar-refractivity contribution in [3.05, 3.63) is 0 Å². The van der Waals surface area contributed by atoms with E-state index < -0.39 is 0 Å². The lowest BCUT2D eigenvalue weighted by Gasteiger charge is -2.28. The lowest BCUT2D eigenvalue weighted by molar-refractivity contribution is 0.0168. The molecule has 0 aromatic rings. The Bertz CT molecular complexity index is 279. The van der Waals surface area contributed by atoms with Crippen molar-refractivity contribution in [3.63, 3.8) is 0 Å². The monoisotopic (exact) mass is 363 g/mol. The van der Waals surface area contributed by atoms with Gasteiger partial charge < -0.3 is 14.8 Å². The van der Waals surface area contributed by atoms with Crippen LogP contribution < -0.4 is 5.32 Å². The lowest BCUT2D eigenvalue weighted by Crippen LogP contribution is -2.33. The molecule has 1 amide bonds. The molecule has 0 atom stereocenters. The number of carbonyl (C=O) groups is 1. The van der Waals surface area contributed by atoms with E-state index in [-0.39, 0.29) is 6.09 Å². The molecule has 0 saturated heterocycles. The van der Waals surface area contributed by atoms with Crippen LogP contribution in [-0.2, 0) is 9.47 Å². The Labute approximate surface area is 137 Å². The van der Waals surface area contributed by atoms with Gasteiger partial charge in [0.15, 0.2) is 0 Å². The van der Waals surface area contributed by atoms with Crippen molar-refractivity contribution in [3.8, 4) is 0 Å². The Kier molecular flexibility index (Phi) is 10.1. The van der Waals surface area contributed by atoms with Crippen LogP contribution in [0.15, 0.2) is 0 Å². The van der Waals surface area contributed by atoms with Crippen molar-refractivity contribution in [1.29, 1.82) is 0 Å². The van der Waals surface area contributed by atoms with Gasteiger partial charge in [0.2, 0.25) is 0 Å². The number of ether oxygens (including phenoxy) is 2. The number of rotatable bonds is 9. The molecule has 0 spiro atoms. The highest BCUT2D eigenvalue weighted by Crippen LogP contribution is 2.25. The standard InChI is InChI=1S/C16H30BrNO3/c1-13(2)12-21-16(19)18-11-14-5-7-15(8-6-14)20-10-4-3-9-17/h13-15H,3-12H2,1-2H3,(H,18,19). The predicted octanol–water partition coefficient (Wildman–Crippen LogP) is 4.12. The highest BCUT2D eigenvalue weighted by Gasteiger charge is 2.22. The molecule has 1 fully saturated rings. The number of alkyl halides is 1. The van der Waals surface area contributed by atoms with Gasteiger partial charge in [0.25, 0.3) is 0 Å². The predicted molar refractivity (Wildman–Crippen MR) is 88.9 cm³/mol. The quantitative estimate of drug-likeness (QED) is 0.495. The van der Waals surface area contributed by atoms with Crippen LogP contribution >= 0.6 is 15.9 Å². The first-order valence-electron chi connectivity index (χ1n) is 8.20. The first-order chi connectivity index (χ1) is 10.1. The molecule has 0 radical (unpaired) electrons. The zero-order valence-electron chi connectivity index (χ0n) is 13.4. The third-order valence-electron chi connectivity index (χ3n) is 3.76. The summed E-state index contributed by atoms with van der Waals surface area (Å²) in [6.07, 6.45) is 6.94. The number of hydrogen-bond acceptors (Lipinski definition) is 3. The number of carbonyl (C=O) groups excluding carboxylic acids is 1. The molecule has 0 unspecified atom stereocenters. The Morgan fingerprint density at radius 2 is 1.95 bits per heavy atom. The molecular weight excluding hydrogens is 334 g/mol. The van der Waals surface area contributed by atoms with Crippen LogP contribution in [0.1, 0.15) is 52.4 Å².